The van der Waals surface area contributed by atoms with Crippen LogP contribution in [-0.4, -0.2) is 32.8 Å². The zero-order valence-corrected chi connectivity index (χ0v) is 15.2. The van der Waals surface area contributed by atoms with Gasteiger partial charge < -0.3 is 9.30 Å². The number of thiocarbonyl (C=S) groups is 1. The average molecular weight is 373 g/mol. The summed E-state index contributed by atoms with van der Waals surface area (Å²) in [5.41, 5.74) is 3.83. The molecule has 1 aliphatic rings. The molecule has 0 unspecified atom stereocenters. The van der Waals surface area contributed by atoms with E-state index in [0.717, 1.165) is 22.5 Å². The Kier molecular flexibility index (Phi) is 4.91. The summed E-state index contributed by atoms with van der Waals surface area (Å²) in [6.45, 7) is 0. The molecule has 0 aliphatic carbocycles. The van der Waals surface area contributed by atoms with Gasteiger partial charge in [-0.05, 0) is 54.7 Å². The van der Waals surface area contributed by atoms with Crippen molar-refractivity contribution in [2.24, 2.45) is 7.05 Å². The fraction of sp³-hybridized carbons (Fsp3) is 0.118. The summed E-state index contributed by atoms with van der Waals surface area (Å²) in [6.07, 6.45) is 3.64. The van der Waals surface area contributed by atoms with Crippen molar-refractivity contribution >= 4 is 46.2 Å². The van der Waals surface area contributed by atoms with Gasteiger partial charge in [-0.2, -0.15) is 5.01 Å². The van der Waals surface area contributed by atoms with Crippen LogP contribution in [0.25, 0.3) is 6.08 Å². The van der Waals surface area contributed by atoms with Crippen LogP contribution in [0.1, 0.15) is 16.1 Å². The van der Waals surface area contributed by atoms with Crippen molar-refractivity contribution in [1.29, 1.82) is 0 Å². The number of ether oxygens (including phenoxy) is 1. The molecule has 3 rings (SSSR count). The van der Waals surface area contributed by atoms with Gasteiger partial charge >= 0.3 is 0 Å². The molecule has 25 heavy (non-hydrogen) atoms. The monoisotopic (exact) mass is 373 g/mol. The summed E-state index contributed by atoms with van der Waals surface area (Å²) in [5, 5.41) is 1.10. The van der Waals surface area contributed by atoms with Crippen molar-refractivity contribution in [2.45, 2.75) is 0 Å². The molecule has 1 N–H and O–H groups in total. The molecule has 2 amide bonds. The highest BCUT2D eigenvalue weighted by atomic mass is 32.2. The molecule has 0 radical (unpaired) electrons. The molecule has 1 saturated heterocycles. The van der Waals surface area contributed by atoms with Gasteiger partial charge in [0.25, 0.3) is 11.8 Å². The van der Waals surface area contributed by atoms with Crippen LogP contribution in [0.5, 0.6) is 5.75 Å². The van der Waals surface area contributed by atoms with E-state index in [9.17, 15) is 9.59 Å². The Balaban J connectivity index is 1.75. The lowest BCUT2D eigenvalue weighted by atomic mass is 10.2. The predicted octanol–water partition coefficient (Wildman–Crippen LogP) is 2.58. The number of carbonyl (C=O) groups is 2. The quantitative estimate of drug-likeness (QED) is 0.659. The Hall–Kier alpha value is -2.58. The number of rotatable bonds is 4. The lowest BCUT2D eigenvalue weighted by molar-refractivity contribution is -0.123. The fourth-order valence-corrected chi connectivity index (χ4v) is 3.40. The van der Waals surface area contributed by atoms with E-state index in [-0.39, 0.29) is 10.2 Å². The standard InChI is InChI=1S/C17H15N3O3S2/c1-19-9-3-4-12(19)10-14-16(22)20(17(24)25-14)18-15(21)11-5-7-13(23-2)8-6-11/h3-10H,1-2H3,(H,18,21)/b14-10+. The number of benzene rings is 1. The molecule has 1 aliphatic heterocycles. The van der Waals surface area contributed by atoms with Gasteiger partial charge in [0.15, 0.2) is 4.32 Å². The second kappa shape index (κ2) is 7.12. The lowest BCUT2D eigenvalue weighted by Gasteiger charge is -2.15. The minimum Gasteiger partial charge on any atom is -0.497 e. The van der Waals surface area contributed by atoms with Crippen molar-refractivity contribution in [2.75, 3.05) is 7.11 Å². The molecular weight excluding hydrogens is 358 g/mol. The van der Waals surface area contributed by atoms with Crippen LogP contribution >= 0.6 is 24.0 Å². The number of nitrogens with zero attached hydrogens (tertiary/aromatic N) is 2. The Morgan fingerprint density at radius 3 is 2.60 bits per heavy atom. The van der Waals surface area contributed by atoms with Crippen LogP contribution in [0.3, 0.4) is 0 Å². The summed E-state index contributed by atoms with van der Waals surface area (Å²) in [4.78, 5) is 25.3. The number of hydrogen-bond acceptors (Lipinski definition) is 5. The molecule has 6 nitrogen and oxygen atoms in total. The summed E-state index contributed by atoms with van der Waals surface area (Å²) in [5.74, 6) is -0.121. The van der Waals surface area contributed by atoms with Crippen LogP contribution in [0.15, 0.2) is 47.5 Å². The van der Waals surface area contributed by atoms with Crippen molar-refractivity contribution in [3.05, 3.63) is 58.8 Å². The summed E-state index contributed by atoms with van der Waals surface area (Å²) in [7, 11) is 3.44. The number of nitrogens with one attached hydrogen (secondary N) is 1. The van der Waals surface area contributed by atoms with E-state index in [1.807, 2.05) is 29.9 Å². The number of aryl methyl sites for hydroxylation is 1. The normalized spacial score (nSPS) is 15.8. The summed E-state index contributed by atoms with van der Waals surface area (Å²) in [6, 6.07) is 10.4. The van der Waals surface area contributed by atoms with Gasteiger partial charge in [0.1, 0.15) is 5.75 Å². The Labute approximate surface area is 154 Å². The minimum atomic E-state index is -0.418. The first-order valence-electron chi connectivity index (χ1n) is 7.34. The highest BCUT2D eigenvalue weighted by molar-refractivity contribution is 8.26. The van der Waals surface area contributed by atoms with E-state index in [4.69, 9.17) is 17.0 Å². The first kappa shape index (κ1) is 17.2. The zero-order valence-electron chi connectivity index (χ0n) is 13.6. The van der Waals surface area contributed by atoms with Crippen LogP contribution in [0, 0.1) is 0 Å². The van der Waals surface area contributed by atoms with E-state index in [2.05, 4.69) is 5.43 Å². The SMILES string of the molecule is COc1ccc(C(=O)NN2C(=O)/C(=C\c3cccn3C)SC2=S)cc1. The molecule has 1 aromatic heterocycles. The maximum atomic E-state index is 12.5. The molecule has 1 fully saturated rings. The Morgan fingerprint density at radius 1 is 1.28 bits per heavy atom. The molecular formula is C17H15N3O3S2. The first-order chi connectivity index (χ1) is 12.0. The molecule has 0 bridgehead atoms. The topological polar surface area (TPSA) is 63.6 Å². The van der Waals surface area contributed by atoms with Gasteiger partial charge in [-0.1, -0.05) is 11.8 Å². The average Bonchev–Trinajstić information content (AvgIpc) is 3.13. The Bertz CT molecular complexity index is 872. The van der Waals surface area contributed by atoms with Crippen molar-refractivity contribution in [1.82, 2.24) is 15.0 Å². The molecule has 0 atom stereocenters. The number of amides is 2. The first-order valence-corrected chi connectivity index (χ1v) is 8.56. The van der Waals surface area contributed by atoms with Gasteiger partial charge in [0.2, 0.25) is 0 Å². The zero-order chi connectivity index (χ0) is 18.0. The largest absolute Gasteiger partial charge is 0.497 e. The molecule has 2 aromatic rings. The maximum Gasteiger partial charge on any atom is 0.285 e. The second-order valence-electron chi connectivity index (χ2n) is 5.23. The number of hydrazine groups is 1. The highest BCUT2D eigenvalue weighted by Gasteiger charge is 2.33. The van der Waals surface area contributed by atoms with E-state index >= 15 is 0 Å². The van der Waals surface area contributed by atoms with Crippen molar-refractivity contribution < 1.29 is 14.3 Å². The third-order valence-corrected chi connectivity index (χ3v) is 4.92. The van der Waals surface area contributed by atoms with Gasteiger partial charge in [-0.15, -0.1) is 0 Å². The molecule has 0 spiro atoms. The van der Waals surface area contributed by atoms with Crippen molar-refractivity contribution in [3.63, 3.8) is 0 Å². The minimum absolute atomic E-state index is 0.285. The number of hydrogen-bond donors (Lipinski definition) is 1. The number of thioether (sulfide) groups is 1. The van der Waals surface area contributed by atoms with Crippen LogP contribution in [0.2, 0.25) is 0 Å². The van der Waals surface area contributed by atoms with Gasteiger partial charge in [-0.25, -0.2) is 0 Å². The van der Waals surface area contributed by atoms with E-state index in [1.54, 1.807) is 37.5 Å². The van der Waals surface area contributed by atoms with E-state index in [0.29, 0.717) is 16.2 Å². The number of methoxy groups -OCH3 is 1. The maximum absolute atomic E-state index is 12.5. The van der Waals surface area contributed by atoms with Crippen LogP contribution in [0.4, 0.5) is 0 Å². The van der Waals surface area contributed by atoms with Crippen LogP contribution < -0.4 is 10.2 Å². The summed E-state index contributed by atoms with van der Waals surface area (Å²) < 4.78 is 7.24. The van der Waals surface area contributed by atoms with Crippen molar-refractivity contribution in [3.8, 4) is 5.75 Å². The van der Waals surface area contributed by atoms with Gasteiger partial charge in [-0.3, -0.25) is 15.0 Å². The molecule has 8 heteroatoms. The van der Waals surface area contributed by atoms with E-state index < -0.39 is 5.91 Å². The molecule has 1 aromatic carbocycles. The summed E-state index contributed by atoms with van der Waals surface area (Å²) >= 11 is 6.37. The lowest BCUT2D eigenvalue weighted by Crippen LogP contribution is -2.44. The smallest absolute Gasteiger partial charge is 0.285 e. The Morgan fingerprint density at radius 2 is 2.00 bits per heavy atom. The highest BCUT2D eigenvalue weighted by Crippen LogP contribution is 2.31. The van der Waals surface area contributed by atoms with Gasteiger partial charge in [0.05, 0.1) is 12.0 Å². The van der Waals surface area contributed by atoms with Crippen LogP contribution in [-0.2, 0) is 11.8 Å². The third kappa shape index (κ3) is 3.59. The predicted molar refractivity (Wildman–Crippen MR) is 101 cm³/mol. The molecule has 2 heterocycles. The fourth-order valence-electron chi connectivity index (χ4n) is 2.23. The molecule has 128 valence electrons. The number of aromatic nitrogens is 1. The molecule has 0 saturated carbocycles. The van der Waals surface area contributed by atoms with E-state index in [1.165, 1.54) is 0 Å². The van der Waals surface area contributed by atoms with Gasteiger partial charge in [0, 0.05) is 24.5 Å². The second-order valence-corrected chi connectivity index (χ2v) is 6.91. The third-order valence-electron chi connectivity index (χ3n) is 3.62. The number of carbonyl (C=O) groups excluding carboxylic acids is 2.